The van der Waals surface area contributed by atoms with Gasteiger partial charge in [0.2, 0.25) is 0 Å². The molecule has 0 aliphatic rings. The standard InChI is InChI=1S/C28H44N10O3/c1-8-34-24-11-9-22(10-12-24)26(32-5)35-27(25(31-4)13-17-41-18-14-29-2)38(7)16-15-37(6)21-33-20-23(19-30-3)28(39)36-40/h9-12,19-20,29,34,40H,3-5,8,13-18,21H2,1-2,6-7H3,(H,36,39)/b23-19+,27-25-,33-20-,35-26-. The fourth-order valence-corrected chi connectivity index (χ4v) is 3.40. The normalized spacial score (nSPS) is 12.7. The summed E-state index contributed by atoms with van der Waals surface area (Å²) in [5.41, 5.74) is 4.13. The monoisotopic (exact) mass is 568 g/mol. The van der Waals surface area contributed by atoms with E-state index in [1.807, 2.05) is 62.1 Å². The van der Waals surface area contributed by atoms with Crippen molar-refractivity contribution in [2.45, 2.75) is 13.3 Å². The van der Waals surface area contributed by atoms with Gasteiger partial charge in [-0.1, -0.05) is 0 Å². The number of benzene rings is 1. The molecule has 1 amide bonds. The number of hydrogen-bond donors (Lipinski definition) is 4. The number of amides is 1. The van der Waals surface area contributed by atoms with Gasteiger partial charge in [-0.2, -0.15) is 0 Å². The van der Waals surface area contributed by atoms with Gasteiger partial charge in [-0.15, -0.1) is 0 Å². The fraction of sp³-hybridized carbons (Fsp3) is 0.429. The molecule has 0 aromatic heterocycles. The van der Waals surface area contributed by atoms with Crippen LogP contribution in [0, 0.1) is 0 Å². The Bertz CT molecular complexity index is 1100. The number of rotatable bonds is 20. The van der Waals surface area contributed by atoms with Gasteiger partial charge in [0.15, 0.2) is 11.7 Å². The third-order valence-electron chi connectivity index (χ3n) is 5.64. The summed E-state index contributed by atoms with van der Waals surface area (Å²) in [7, 11) is 5.68. The zero-order valence-corrected chi connectivity index (χ0v) is 24.6. The van der Waals surface area contributed by atoms with Crippen LogP contribution in [0.1, 0.15) is 18.9 Å². The lowest BCUT2D eigenvalue weighted by atomic mass is 10.2. The summed E-state index contributed by atoms with van der Waals surface area (Å²) >= 11 is 0. The highest BCUT2D eigenvalue weighted by atomic mass is 16.5. The number of nitrogens with one attached hydrogen (secondary N) is 3. The van der Waals surface area contributed by atoms with E-state index >= 15 is 0 Å². The molecule has 0 fully saturated rings. The number of carbonyl (C=O) groups is 1. The molecule has 0 saturated heterocycles. The number of amidine groups is 1. The average Bonchev–Trinajstić information content (AvgIpc) is 2.98. The van der Waals surface area contributed by atoms with E-state index in [2.05, 4.69) is 50.8 Å². The maximum absolute atomic E-state index is 11.7. The van der Waals surface area contributed by atoms with Crippen molar-refractivity contribution >= 4 is 43.8 Å². The van der Waals surface area contributed by atoms with Crippen LogP contribution < -0.4 is 16.1 Å². The number of likely N-dealkylation sites (N-methyl/N-ethyl adjacent to an activating group) is 3. The molecule has 224 valence electrons. The van der Waals surface area contributed by atoms with Gasteiger partial charge in [0.25, 0.3) is 5.91 Å². The van der Waals surface area contributed by atoms with E-state index in [0.717, 1.165) is 24.3 Å². The lowest BCUT2D eigenvalue weighted by Gasteiger charge is -2.24. The Morgan fingerprint density at radius 3 is 2.41 bits per heavy atom. The second kappa shape index (κ2) is 20.8. The molecule has 0 radical (unpaired) electrons. The van der Waals surface area contributed by atoms with Crippen molar-refractivity contribution in [3.05, 3.63) is 53.1 Å². The molecule has 1 aromatic carbocycles. The van der Waals surface area contributed by atoms with Crippen LogP contribution in [0.15, 0.2) is 72.5 Å². The van der Waals surface area contributed by atoms with Gasteiger partial charge in [-0.3, -0.25) is 29.9 Å². The fourth-order valence-electron chi connectivity index (χ4n) is 3.40. The van der Waals surface area contributed by atoms with Crippen molar-refractivity contribution in [3.63, 3.8) is 0 Å². The van der Waals surface area contributed by atoms with Crippen LogP contribution in [0.25, 0.3) is 0 Å². The number of ether oxygens (including phenoxy) is 1. The molecule has 13 nitrogen and oxygen atoms in total. The average molecular weight is 569 g/mol. The molecule has 0 aliphatic carbocycles. The predicted octanol–water partition coefficient (Wildman–Crippen LogP) is 2.04. The highest BCUT2D eigenvalue weighted by Gasteiger charge is 2.14. The quantitative estimate of drug-likeness (QED) is 0.0469. The zero-order chi connectivity index (χ0) is 30.5. The molecule has 1 aromatic rings. The van der Waals surface area contributed by atoms with Gasteiger partial charge in [0, 0.05) is 63.3 Å². The summed E-state index contributed by atoms with van der Waals surface area (Å²) < 4.78 is 5.71. The second-order valence-electron chi connectivity index (χ2n) is 8.76. The van der Waals surface area contributed by atoms with Gasteiger partial charge < -0.3 is 20.3 Å². The molecular formula is C28H44N10O3. The van der Waals surface area contributed by atoms with E-state index < -0.39 is 5.91 Å². The molecule has 41 heavy (non-hydrogen) atoms. The van der Waals surface area contributed by atoms with Gasteiger partial charge in [0.1, 0.15) is 0 Å². The Morgan fingerprint density at radius 2 is 1.83 bits per heavy atom. The highest BCUT2D eigenvalue weighted by Crippen LogP contribution is 2.19. The first-order chi connectivity index (χ1) is 19.8. The molecule has 4 N–H and O–H groups in total. The largest absolute Gasteiger partial charge is 0.385 e. The van der Waals surface area contributed by atoms with Crippen molar-refractivity contribution in [2.75, 3.05) is 72.5 Å². The van der Waals surface area contributed by atoms with Crippen molar-refractivity contribution in [3.8, 4) is 0 Å². The first-order valence-electron chi connectivity index (χ1n) is 13.2. The van der Waals surface area contributed by atoms with E-state index in [4.69, 9.17) is 14.9 Å². The van der Waals surface area contributed by atoms with Crippen LogP contribution in [-0.2, 0) is 9.53 Å². The van der Waals surface area contributed by atoms with Crippen LogP contribution >= 0.6 is 0 Å². The van der Waals surface area contributed by atoms with Gasteiger partial charge in [0.05, 0.1) is 31.2 Å². The number of nitrogens with zero attached hydrogens (tertiary/aromatic N) is 7. The van der Waals surface area contributed by atoms with E-state index in [-0.39, 0.29) is 5.57 Å². The van der Waals surface area contributed by atoms with E-state index in [1.165, 1.54) is 12.4 Å². The molecule has 1 rings (SSSR count). The minimum Gasteiger partial charge on any atom is -0.385 e. The predicted molar refractivity (Wildman–Crippen MR) is 169 cm³/mol. The maximum atomic E-state index is 11.7. The van der Waals surface area contributed by atoms with E-state index in [0.29, 0.717) is 56.7 Å². The molecule has 0 unspecified atom stereocenters. The first kappa shape index (κ1) is 35.0. The molecule has 0 bridgehead atoms. The summed E-state index contributed by atoms with van der Waals surface area (Å²) in [6.07, 6.45) is 3.05. The van der Waals surface area contributed by atoms with Gasteiger partial charge >= 0.3 is 0 Å². The molecule has 13 heteroatoms. The second-order valence-corrected chi connectivity index (χ2v) is 8.76. The number of carbonyl (C=O) groups excluding carboxylic acids is 1. The summed E-state index contributed by atoms with van der Waals surface area (Å²) in [5, 5.41) is 15.2. The summed E-state index contributed by atoms with van der Waals surface area (Å²) in [4.78, 5) is 36.8. The summed E-state index contributed by atoms with van der Waals surface area (Å²) in [5.74, 6) is 0.343. The van der Waals surface area contributed by atoms with Gasteiger partial charge in [-0.25, -0.2) is 15.5 Å². The summed E-state index contributed by atoms with van der Waals surface area (Å²) in [6.45, 7) is 17.0. The molecular weight excluding hydrogens is 524 g/mol. The van der Waals surface area contributed by atoms with Crippen LogP contribution in [0.2, 0.25) is 0 Å². The van der Waals surface area contributed by atoms with Gasteiger partial charge in [-0.05, 0) is 65.4 Å². The maximum Gasteiger partial charge on any atom is 0.277 e. The highest BCUT2D eigenvalue weighted by molar-refractivity contribution is 6.11. The van der Waals surface area contributed by atoms with E-state index in [9.17, 15) is 4.79 Å². The minimum atomic E-state index is -0.724. The lowest BCUT2D eigenvalue weighted by Crippen LogP contribution is -2.31. The number of aliphatic imine (C=N–C) groups is 5. The number of hydroxylamine groups is 1. The summed E-state index contributed by atoms with van der Waals surface area (Å²) in [6, 6.07) is 7.83. The minimum absolute atomic E-state index is 0.0779. The van der Waals surface area contributed by atoms with Crippen LogP contribution in [0.5, 0.6) is 0 Å². The third kappa shape index (κ3) is 13.2. The lowest BCUT2D eigenvalue weighted by molar-refractivity contribution is -0.124. The molecule has 0 aliphatic heterocycles. The third-order valence-corrected chi connectivity index (χ3v) is 5.64. The Morgan fingerprint density at radius 1 is 1.10 bits per heavy atom. The Labute approximate surface area is 243 Å². The van der Waals surface area contributed by atoms with Crippen molar-refractivity contribution in [2.24, 2.45) is 25.0 Å². The molecule has 0 saturated carbocycles. The van der Waals surface area contributed by atoms with Crippen molar-refractivity contribution in [1.29, 1.82) is 0 Å². The van der Waals surface area contributed by atoms with Crippen molar-refractivity contribution in [1.82, 2.24) is 20.6 Å². The first-order valence-corrected chi connectivity index (χ1v) is 13.2. The number of hydrogen-bond acceptors (Lipinski definition) is 11. The molecule has 0 spiro atoms. The Kier molecular flexibility index (Phi) is 17.8. The van der Waals surface area contributed by atoms with E-state index in [1.54, 1.807) is 5.48 Å². The van der Waals surface area contributed by atoms with Crippen LogP contribution in [0.3, 0.4) is 0 Å². The Balaban J connectivity index is 3.15. The van der Waals surface area contributed by atoms with Crippen LogP contribution in [-0.4, -0.2) is 120 Å². The molecule has 0 atom stereocenters. The topological polar surface area (TPSA) is 151 Å². The van der Waals surface area contributed by atoms with Crippen molar-refractivity contribution < 1.29 is 14.7 Å². The molecule has 0 heterocycles. The smallest absolute Gasteiger partial charge is 0.277 e. The van der Waals surface area contributed by atoms with Crippen LogP contribution in [0.4, 0.5) is 5.69 Å². The number of anilines is 1. The zero-order valence-electron chi connectivity index (χ0n) is 24.6. The SMILES string of the molecule is C=N/C=C(\C=N/CN(C)CCN(C)C(/N=C(\N=C)c1ccc(NCC)cc1)=C(/CCOCCNC)N=C)C(=O)NO. The Hall–Kier alpha value is -4.04.